The van der Waals surface area contributed by atoms with E-state index in [1.54, 1.807) is 37.4 Å². The molecule has 2 aromatic carbocycles. The zero-order chi connectivity index (χ0) is 24.6. The van der Waals surface area contributed by atoms with Crippen LogP contribution in [0, 0.1) is 10.1 Å². The van der Waals surface area contributed by atoms with Gasteiger partial charge in [-0.05, 0) is 24.3 Å². The molecule has 10 nitrogen and oxygen atoms in total. The lowest BCUT2D eigenvalue weighted by atomic mass is 9.82. The van der Waals surface area contributed by atoms with E-state index in [1.807, 2.05) is 6.07 Å². The van der Waals surface area contributed by atoms with E-state index in [0.717, 1.165) is 0 Å². The van der Waals surface area contributed by atoms with Crippen molar-refractivity contribution in [2.24, 2.45) is 0 Å². The molecule has 0 atom stereocenters. The van der Waals surface area contributed by atoms with E-state index < -0.39 is 10.5 Å². The number of rotatable bonds is 5. The molecule has 1 saturated heterocycles. The van der Waals surface area contributed by atoms with Gasteiger partial charge in [-0.3, -0.25) is 14.9 Å². The van der Waals surface area contributed by atoms with Gasteiger partial charge in [0.2, 0.25) is 5.75 Å². The number of non-ortho nitro benzene ring substituents is 1. The molecule has 0 bridgehead atoms. The first-order chi connectivity index (χ1) is 16.9. The topological polar surface area (TPSA) is 117 Å². The van der Waals surface area contributed by atoms with Gasteiger partial charge in [0.15, 0.2) is 23.1 Å². The molecule has 0 N–H and O–H groups in total. The summed E-state index contributed by atoms with van der Waals surface area (Å²) in [4.78, 5) is 25.7. The molecular formula is C25H24N4O6. The Morgan fingerprint density at radius 1 is 1.06 bits per heavy atom. The maximum atomic E-state index is 13.0. The van der Waals surface area contributed by atoms with Crippen molar-refractivity contribution in [2.75, 3.05) is 32.2 Å². The van der Waals surface area contributed by atoms with Crippen LogP contribution in [0.25, 0.3) is 11.3 Å². The Bertz CT molecular complexity index is 1290. The van der Waals surface area contributed by atoms with Gasteiger partial charge in [-0.1, -0.05) is 12.1 Å². The van der Waals surface area contributed by atoms with Crippen LogP contribution in [0.2, 0.25) is 0 Å². The smallest absolute Gasteiger partial charge is 0.270 e. The van der Waals surface area contributed by atoms with Crippen LogP contribution in [0.15, 0.2) is 48.5 Å². The van der Waals surface area contributed by atoms with Crippen LogP contribution >= 0.6 is 0 Å². The molecule has 3 heterocycles. The second-order valence-electron chi connectivity index (χ2n) is 8.63. The van der Waals surface area contributed by atoms with E-state index >= 15 is 0 Å². The van der Waals surface area contributed by atoms with Gasteiger partial charge in [-0.25, -0.2) is 0 Å². The Morgan fingerprint density at radius 2 is 1.86 bits per heavy atom. The Labute approximate surface area is 201 Å². The molecule has 5 rings (SSSR count). The highest BCUT2D eigenvalue weighted by atomic mass is 16.6. The summed E-state index contributed by atoms with van der Waals surface area (Å²) in [7, 11) is 3.08. The van der Waals surface area contributed by atoms with Crippen LogP contribution < -0.4 is 19.1 Å². The average molecular weight is 476 g/mol. The maximum absolute atomic E-state index is 13.0. The third-order valence-corrected chi connectivity index (χ3v) is 6.60. The van der Waals surface area contributed by atoms with Gasteiger partial charge in [-0.15, -0.1) is 10.2 Å². The van der Waals surface area contributed by atoms with Crippen LogP contribution in [0.5, 0.6) is 17.2 Å². The normalized spacial score (nSPS) is 16.4. The van der Waals surface area contributed by atoms with E-state index in [-0.39, 0.29) is 11.5 Å². The molecule has 1 fully saturated rings. The van der Waals surface area contributed by atoms with Crippen molar-refractivity contribution >= 4 is 17.3 Å². The van der Waals surface area contributed by atoms with Gasteiger partial charge in [-0.2, -0.15) is 0 Å². The Hall–Kier alpha value is -4.21. The van der Waals surface area contributed by atoms with E-state index in [1.165, 1.54) is 19.2 Å². The van der Waals surface area contributed by atoms with Crippen LogP contribution in [0.4, 0.5) is 11.5 Å². The van der Waals surface area contributed by atoms with Crippen LogP contribution in [-0.2, 0) is 0 Å². The highest BCUT2D eigenvalue weighted by Gasteiger charge is 2.44. The Kier molecular flexibility index (Phi) is 5.72. The molecule has 1 aromatic heterocycles. The summed E-state index contributed by atoms with van der Waals surface area (Å²) in [5, 5.41) is 19.7. The highest BCUT2D eigenvalue weighted by Crippen LogP contribution is 2.48. The molecule has 2 aliphatic heterocycles. The molecule has 2 aliphatic rings. The minimum absolute atomic E-state index is 0.00700. The molecule has 10 heteroatoms. The van der Waals surface area contributed by atoms with E-state index in [2.05, 4.69) is 15.1 Å². The second kappa shape index (κ2) is 8.86. The maximum Gasteiger partial charge on any atom is 0.270 e. The first kappa shape index (κ1) is 22.6. The van der Waals surface area contributed by atoms with Crippen molar-refractivity contribution in [1.29, 1.82) is 0 Å². The summed E-state index contributed by atoms with van der Waals surface area (Å²) in [5.74, 6) is 2.13. The molecule has 35 heavy (non-hydrogen) atoms. The number of nitro benzene ring substituents is 1. The van der Waals surface area contributed by atoms with Gasteiger partial charge in [0.05, 0.1) is 36.8 Å². The standard InChI is InChI=1S/C25H24N4O6/c1-33-21-8-6-18-20(30)15-25(35-23(18)24(21)34-2)10-12-28(13-11-25)22-9-7-19(26-27-22)16-4-3-5-17(14-16)29(31)32/h3-9,14H,10-13,15H2,1-2H3. The lowest BCUT2D eigenvalue weighted by Crippen LogP contribution is -2.51. The number of ketones is 1. The van der Waals surface area contributed by atoms with Gasteiger partial charge >= 0.3 is 0 Å². The SMILES string of the molecule is COc1ccc2c(c1OC)OC1(CCN(c3ccc(-c4cccc([N+](=O)[O-])c4)nn3)CC1)CC2=O. The number of hydrogen-bond donors (Lipinski definition) is 0. The van der Waals surface area contributed by atoms with E-state index in [9.17, 15) is 14.9 Å². The third-order valence-electron chi connectivity index (χ3n) is 6.60. The molecule has 0 unspecified atom stereocenters. The minimum atomic E-state index is -0.615. The molecule has 0 aliphatic carbocycles. The lowest BCUT2D eigenvalue weighted by Gasteiger charge is -2.44. The number of ether oxygens (including phenoxy) is 3. The van der Waals surface area contributed by atoms with E-state index in [4.69, 9.17) is 14.2 Å². The summed E-state index contributed by atoms with van der Waals surface area (Å²) in [6, 6.07) is 13.4. The van der Waals surface area contributed by atoms with Crippen LogP contribution in [0.3, 0.4) is 0 Å². The Morgan fingerprint density at radius 3 is 2.51 bits per heavy atom. The highest BCUT2D eigenvalue weighted by molar-refractivity contribution is 6.01. The predicted molar refractivity (Wildman–Crippen MR) is 127 cm³/mol. The zero-order valence-corrected chi connectivity index (χ0v) is 19.4. The molecule has 1 spiro atoms. The fourth-order valence-corrected chi connectivity index (χ4v) is 4.71. The van der Waals surface area contributed by atoms with Crippen LogP contribution in [0.1, 0.15) is 29.6 Å². The summed E-state index contributed by atoms with van der Waals surface area (Å²) >= 11 is 0. The quantitative estimate of drug-likeness (QED) is 0.397. The van der Waals surface area contributed by atoms with Crippen molar-refractivity contribution in [2.45, 2.75) is 24.9 Å². The number of fused-ring (bicyclic) bond motifs is 1. The second-order valence-corrected chi connectivity index (χ2v) is 8.63. The molecule has 0 radical (unpaired) electrons. The number of aromatic nitrogens is 2. The zero-order valence-electron chi connectivity index (χ0n) is 19.4. The summed E-state index contributed by atoms with van der Waals surface area (Å²) in [5.41, 5.74) is 1.10. The van der Waals surface area contributed by atoms with Gasteiger partial charge in [0.1, 0.15) is 5.60 Å². The lowest BCUT2D eigenvalue weighted by molar-refractivity contribution is -0.384. The molecular weight excluding hydrogens is 452 g/mol. The number of carbonyl (C=O) groups is 1. The van der Waals surface area contributed by atoms with Crippen LogP contribution in [-0.4, -0.2) is 53.8 Å². The van der Waals surface area contributed by atoms with Crippen molar-refractivity contribution < 1.29 is 23.9 Å². The predicted octanol–water partition coefficient (Wildman–Crippen LogP) is 4.07. The molecule has 0 saturated carbocycles. The monoisotopic (exact) mass is 476 g/mol. The number of piperidine rings is 1. The van der Waals surface area contributed by atoms with E-state index in [0.29, 0.717) is 72.2 Å². The largest absolute Gasteiger partial charge is 0.493 e. The number of Topliss-reactive ketones (excluding diaryl/α,β-unsaturated/α-hetero) is 1. The summed E-state index contributed by atoms with van der Waals surface area (Å²) in [6.07, 6.45) is 1.57. The molecule has 0 amide bonds. The first-order valence-corrected chi connectivity index (χ1v) is 11.2. The van der Waals surface area contributed by atoms with Crippen molar-refractivity contribution in [1.82, 2.24) is 10.2 Å². The molecule has 3 aromatic rings. The van der Waals surface area contributed by atoms with Crippen molar-refractivity contribution in [3.8, 4) is 28.5 Å². The number of methoxy groups -OCH3 is 2. The van der Waals surface area contributed by atoms with Gasteiger partial charge < -0.3 is 19.1 Å². The number of hydrogen-bond acceptors (Lipinski definition) is 9. The average Bonchev–Trinajstić information content (AvgIpc) is 2.88. The van der Waals surface area contributed by atoms with Crippen molar-refractivity contribution in [3.05, 3.63) is 64.2 Å². The number of carbonyl (C=O) groups excluding carboxylic acids is 1. The number of nitro groups is 1. The van der Waals surface area contributed by atoms with Gasteiger partial charge in [0.25, 0.3) is 5.69 Å². The minimum Gasteiger partial charge on any atom is -0.493 e. The Balaban J connectivity index is 1.32. The fraction of sp³-hybridized carbons (Fsp3) is 0.320. The van der Waals surface area contributed by atoms with Crippen molar-refractivity contribution in [3.63, 3.8) is 0 Å². The number of nitrogens with zero attached hydrogens (tertiary/aromatic N) is 4. The summed E-state index contributed by atoms with van der Waals surface area (Å²) < 4.78 is 17.3. The third kappa shape index (κ3) is 4.11. The fourth-order valence-electron chi connectivity index (χ4n) is 4.71. The molecule has 180 valence electrons. The van der Waals surface area contributed by atoms with Gasteiger partial charge in [0, 0.05) is 43.6 Å². The summed E-state index contributed by atoms with van der Waals surface area (Å²) in [6.45, 7) is 1.28. The first-order valence-electron chi connectivity index (χ1n) is 11.2. The number of anilines is 1. The number of benzene rings is 2.